The quantitative estimate of drug-likeness (QED) is 0.686. The van der Waals surface area contributed by atoms with E-state index in [1.165, 1.54) is 16.4 Å². The van der Waals surface area contributed by atoms with E-state index < -0.39 is 11.9 Å². The van der Waals surface area contributed by atoms with Crippen LogP contribution in [0.25, 0.3) is 5.78 Å². The molecular weight excluding hydrogens is 319 g/mol. The second-order valence-electron chi connectivity index (χ2n) is 5.79. The minimum absolute atomic E-state index is 0.0501. The maximum Gasteiger partial charge on any atom is 0.433 e. The van der Waals surface area contributed by atoms with Gasteiger partial charge in [-0.05, 0) is 24.5 Å². The van der Waals surface area contributed by atoms with E-state index in [2.05, 4.69) is 21.1 Å². The molecule has 0 radical (unpaired) electrons. The summed E-state index contributed by atoms with van der Waals surface area (Å²) in [6.07, 6.45) is -2.55. The standard InChI is InChI=1S/C16H14F3N5/c1-10-12-5-3-2-4-11(12)6-7-23(10)14-8-13(16(17,18)19)22-15-20-9-21-24(14)15/h2-5,8-10H,6-7H2,1H3/t10-/m1/s1. The Morgan fingerprint density at radius 2 is 2.00 bits per heavy atom. The maximum absolute atomic E-state index is 13.2. The van der Waals surface area contributed by atoms with Crippen LogP contribution in [0.2, 0.25) is 0 Å². The third-order valence-corrected chi connectivity index (χ3v) is 4.41. The molecule has 0 amide bonds. The van der Waals surface area contributed by atoms with Gasteiger partial charge in [0.05, 0.1) is 6.04 Å². The van der Waals surface area contributed by atoms with Gasteiger partial charge in [-0.1, -0.05) is 24.3 Å². The van der Waals surface area contributed by atoms with Gasteiger partial charge in [0.25, 0.3) is 5.78 Å². The van der Waals surface area contributed by atoms with E-state index in [0.717, 1.165) is 18.1 Å². The van der Waals surface area contributed by atoms with Gasteiger partial charge < -0.3 is 4.90 Å². The van der Waals surface area contributed by atoms with Crippen molar-refractivity contribution in [1.29, 1.82) is 0 Å². The van der Waals surface area contributed by atoms with Crippen LogP contribution in [0, 0.1) is 0 Å². The van der Waals surface area contributed by atoms with Crippen molar-refractivity contribution in [1.82, 2.24) is 19.6 Å². The SMILES string of the molecule is C[C@@H]1c2ccccc2CCN1c1cc(C(F)(F)F)nc2ncnn12. The highest BCUT2D eigenvalue weighted by atomic mass is 19.4. The first kappa shape index (κ1) is 14.9. The van der Waals surface area contributed by atoms with Crippen LogP contribution in [0.15, 0.2) is 36.7 Å². The number of anilines is 1. The molecule has 0 N–H and O–H groups in total. The van der Waals surface area contributed by atoms with Crippen molar-refractivity contribution >= 4 is 11.6 Å². The fourth-order valence-electron chi connectivity index (χ4n) is 3.23. The first-order chi connectivity index (χ1) is 11.4. The van der Waals surface area contributed by atoms with E-state index in [1.807, 2.05) is 30.0 Å². The van der Waals surface area contributed by atoms with Crippen molar-refractivity contribution in [3.05, 3.63) is 53.5 Å². The van der Waals surface area contributed by atoms with Crippen LogP contribution in [-0.2, 0) is 12.6 Å². The summed E-state index contributed by atoms with van der Waals surface area (Å²) < 4.78 is 40.9. The molecule has 0 saturated heterocycles. The van der Waals surface area contributed by atoms with Crippen LogP contribution in [0.4, 0.5) is 19.0 Å². The van der Waals surface area contributed by atoms with Crippen molar-refractivity contribution in [3.63, 3.8) is 0 Å². The van der Waals surface area contributed by atoms with Crippen LogP contribution in [0.3, 0.4) is 0 Å². The van der Waals surface area contributed by atoms with Crippen LogP contribution in [0.1, 0.15) is 29.8 Å². The average Bonchev–Trinajstić information content (AvgIpc) is 3.02. The monoisotopic (exact) mass is 333 g/mol. The molecule has 8 heteroatoms. The van der Waals surface area contributed by atoms with Crippen molar-refractivity contribution < 1.29 is 13.2 Å². The highest BCUT2D eigenvalue weighted by molar-refractivity contribution is 5.52. The fourth-order valence-corrected chi connectivity index (χ4v) is 3.23. The largest absolute Gasteiger partial charge is 0.433 e. The number of hydrogen-bond acceptors (Lipinski definition) is 4. The van der Waals surface area contributed by atoms with Crippen LogP contribution in [0.5, 0.6) is 0 Å². The Kier molecular flexibility index (Phi) is 3.22. The number of hydrogen-bond donors (Lipinski definition) is 0. The van der Waals surface area contributed by atoms with Crippen LogP contribution >= 0.6 is 0 Å². The normalized spacial score (nSPS) is 18.0. The highest BCUT2D eigenvalue weighted by Crippen LogP contribution is 2.36. The zero-order valence-corrected chi connectivity index (χ0v) is 12.8. The van der Waals surface area contributed by atoms with Gasteiger partial charge >= 0.3 is 6.18 Å². The molecule has 0 bridgehead atoms. The fraction of sp³-hybridized carbons (Fsp3) is 0.312. The molecule has 1 aliphatic heterocycles. The Balaban J connectivity index is 1.86. The van der Waals surface area contributed by atoms with Crippen molar-refractivity contribution in [3.8, 4) is 0 Å². The molecule has 0 spiro atoms. The van der Waals surface area contributed by atoms with Crippen molar-refractivity contribution in [2.45, 2.75) is 25.6 Å². The van der Waals surface area contributed by atoms with E-state index in [0.29, 0.717) is 12.4 Å². The summed E-state index contributed by atoms with van der Waals surface area (Å²) in [4.78, 5) is 9.32. The van der Waals surface area contributed by atoms with Crippen molar-refractivity contribution in [2.75, 3.05) is 11.4 Å². The minimum atomic E-state index is -4.53. The highest BCUT2D eigenvalue weighted by Gasteiger charge is 2.35. The summed E-state index contributed by atoms with van der Waals surface area (Å²) in [7, 11) is 0. The molecule has 2 aromatic heterocycles. The summed E-state index contributed by atoms with van der Waals surface area (Å²) in [5.41, 5.74) is 1.38. The number of benzene rings is 1. The minimum Gasteiger partial charge on any atom is -0.349 e. The average molecular weight is 333 g/mol. The van der Waals surface area contributed by atoms with E-state index in [-0.39, 0.29) is 11.8 Å². The summed E-state index contributed by atoms with van der Waals surface area (Å²) in [5.74, 6) is 0.303. The zero-order valence-electron chi connectivity index (χ0n) is 12.8. The Labute approximate surface area is 135 Å². The van der Waals surface area contributed by atoms with Gasteiger partial charge in [0.1, 0.15) is 12.1 Å². The predicted molar refractivity (Wildman–Crippen MR) is 81.7 cm³/mol. The summed E-state index contributed by atoms with van der Waals surface area (Å²) in [6.45, 7) is 2.59. The molecule has 3 aromatic rings. The summed E-state index contributed by atoms with van der Waals surface area (Å²) in [6, 6.07) is 8.97. The van der Waals surface area contributed by atoms with Gasteiger partial charge in [0.2, 0.25) is 0 Å². The molecule has 1 aliphatic rings. The van der Waals surface area contributed by atoms with Crippen molar-refractivity contribution in [2.24, 2.45) is 0 Å². The lowest BCUT2D eigenvalue weighted by molar-refractivity contribution is -0.141. The van der Waals surface area contributed by atoms with Crippen LogP contribution in [-0.4, -0.2) is 26.1 Å². The predicted octanol–water partition coefficient (Wildman–Crippen LogP) is 3.27. The molecule has 124 valence electrons. The third kappa shape index (κ3) is 2.29. The molecule has 1 atom stereocenters. The summed E-state index contributed by atoms with van der Waals surface area (Å²) in [5, 5.41) is 4.04. The number of halogens is 3. The van der Waals surface area contributed by atoms with E-state index in [4.69, 9.17) is 0 Å². The van der Waals surface area contributed by atoms with Gasteiger partial charge in [-0.25, -0.2) is 4.98 Å². The van der Waals surface area contributed by atoms with Crippen LogP contribution < -0.4 is 4.90 Å². The zero-order chi connectivity index (χ0) is 16.9. The number of alkyl halides is 3. The lowest BCUT2D eigenvalue weighted by Crippen LogP contribution is -2.35. The maximum atomic E-state index is 13.2. The Bertz CT molecular complexity index is 902. The molecule has 4 rings (SSSR count). The molecule has 0 fully saturated rings. The first-order valence-corrected chi connectivity index (χ1v) is 7.57. The van der Waals surface area contributed by atoms with Gasteiger partial charge in [-0.2, -0.15) is 27.8 Å². The Morgan fingerprint density at radius 3 is 2.79 bits per heavy atom. The number of fused-ring (bicyclic) bond motifs is 2. The molecule has 0 saturated carbocycles. The third-order valence-electron chi connectivity index (χ3n) is 4.41. The van der Waals surface area contributed by atoms with Gasteiger partial charge in [0.15, 0.2) is 5.69 Å². The topological polar surface area (TPSA) is 46.3 Å². The molecule has 3 heterocycles. The van der Waals surface area contributed by atoms with Gasteiger partial charge in [0, 0.05) is 12.6 Å². The lowest BCUT2D eigenvalue weighted by atomic mass is 9.93. The Morgan fingerprint density at radius 1 is 1.21 bits per heavy atom. The second-order valence-corrected chi connectivity index (χ2v) is 5.79. The smallest absolute Gasteiger partial charge is 0.349 e. The molecule has 24 heavy (non-hydrogen) atoms. The van der Waals surface area contributed by atoms with E-state index in [9.17, 15) is 13.2 Å². The second kappa shape index (κ2) is 5.19. The molecule has 5 nitrogen and oxygen atoms in total. The lowest BCUT2D eigenvalue weighted by Gasteiger charge is -2.36. The number of nitrogens with zero attached hydrogens (tertiary/aromatic N) is 5. The van der Waals surface area contributed by atoms with Gasteiger partial charge in [-0.3, -0.25) is 0 Å². The molecule has 1 aromatic carbocycles. The van der Waals surface area contributed by atoms with Gasteiger partial charge in [-0.15, -0.1) is 0 Å². The first-order valence-electron chi connectivity index (χ1n) is 7.57. The van der Waals surface area contributed by atoms with E-state index >= 15 is 0 Å². The summed E-state index contributed by atoms with van der Waals surface area (Å²) >= 11 is 0. The Hall–Kier alpha value is -2.64. The number of aromatic nitrogens is 4. The molecular formula is C16H14F3N5. The molecule has 0 aliphatic carbocycles. The molecule has 0 unspecified atom stereocenters. The number of rotatable bonds is 1. The van der Waals surface area contributed by atoms with E-state index in [1.54, 1.807) is 0 Å².